The summed E-state index contributed by atoms with van der Waals surface area (Å²) in [5.74, 6) is 0.446. The van der Waals surface area contributed by atoms with E-state index < -0.39 is 0 Å². The normalized spacial score (nSPS) is 19.0. The summed E-state index contributed by atoms with van der Waals surface area (Å²) in [7, 11) is 0. The molecule has 0 spiro atoms. The SMILES string of the molecule is Cc1cc(N2CCCC2)ccc1NC(=O)c1ccccc1OC[C@@H]1CCCO1. The van der Waals surface area contributed by atoms with Gasteiger partial charge in [0, 0.05) is 31.1 Å². The second-order valence-corrected chi connectivity index (χ2v) is 7.59. The first kappa shape index (κ1) is 18.8. The summed E-state index contributed by atoms with van der Waals surface area (Å²) in [6, 6.07) is 13.6. The van der Waals surface area contributed by atoms with Crippen molar-refractivity contribution in [2.24, 2.45) is 0 Å². The Labute approximate surface area is 166 Å². The van der Waals surface area contributed by atoms with Gasteiger partial charge in [0.05, 0.1) is 11.7 Å². The van der Waals surface area contributed by atoms with Crippen molar-refractivity contribution in [1.29, 1.82) is 0 Å². The molecular weight excluding hydrogens is 352 g/mol. The van der Waals surface area contributed by atoms with Gasteiger partial charge in [-0.3, -0.25) is 4.79 Å². The number of carbonyl (C=O) groups excluding carboxylic acids is 1. The number of anilines is 2. The van der Waals surface area contributed by atoms with Crippen molar-refractivity contribution in [2.45, 2.75) is 38.7 Å². The molecule has 2 aliphatic rings. The van der Waals surface area contributed by atoms with E-state index in [-0.39, 0.29) is 12.0 Å². The van der Waals surface area contributed by atoms with Gasteiger partial charge in [-0.2, -0.15) is 0 Å². The van der Waals surface area contributed by atoms with Crippen LogP contribution in [0.15, 0.2) is 42.5 Å². The smallest absolute Gasteiger partial charge is 0.259 e. The molecule has 1 atom stereocenters. The van der Waals surface area contributed by atoms with Gasteiger partial charge in [-0.05, 0) is 68.5 Å². The maximum absolute atomic E-state index is 12.9. The van der Waals surface area contributed by atoms with Crippen LogP contribution in [0.25, 0.3) is 0 Å². The molecule has 148 valence electrons. The molecule has 1 amide bonds. The van der Waals surface area contributed by atoms with Crippen molar-refractivity contribution in [1.82, 2.24) is 0 Å². The molecular formula is C23H28N2O3. The third-order valence-corrected chi connectivity index (χ3v) is 5.51. The maximum atomic E-state index is 12.9. The van der Waals surface area contributed by atoms with Crippen LogP contribution in [0.5, 0.6) is 5.75 Å². The Bertz CT molecular complexity index is 824. The second-order valence-electron chi connectivity index (χ2n) is 7.59. The van der Waals surface area contributed by atoms with Crippen LogP contribution in [-0.2, 0) is 4.74 Å². The predicted molar refractivity (Wildman–Crippen MR) is 111 cm³/mol. The molecule has 0 saturated carbocycles. The summed E-state index contributed by atoms with van der Waals surface area (Å²) in [4.78, 5) is 15.3. The topological polar surface area (TPSA) is 50.8 Å². The average molecular weight is 380 g/mol. The molecule has 1 N–H and O–H groups in total. The summed E-state index contributed by atoms with van der Waals surface area (Å²) in [5, 5.41) is 3.04. The zero-order chi connectivity index (χ0) is 19.3. The van der Waals surface area contributed by atoms with Crippen LogP contribution < -0.4 is 15.0 Å². The van der Waals surface area contributed by atoms with E-state index in [1.807, 2.05) is 31.2 Å². The number of nitrogens with zero attached hydrogens (tertiary/aromatic N) is 1. The highest BCUT2D eigenvalue weighted by molar-refractivity contribution is 6.06. The standard InChI is InChI=1S/C23H28N2O3/c1-17-15-18(25-12-4-5-13-25)10-11-21(17)24-23(26)20-8-2-3-9-22(20)28-16-19-7-6-14-27-19/h2-3,8-11,15,19H,4-7,12-14,16H2,1H3,(H,24,26)/t19-/m0/s1. The first-order valence-electron chi connectivity index (χ1n) is 10.2. The minimum atomic E-state index is -0.153. The summed E-state index contributed by atoms with van der Waals surface area (Å²) in [6.07, 6.45) is 4.71. The Morgan fingerprint density at radius 2 is 2.00 bits per heavy atom. The lowest BCUT2D eigenvalue weighted by atomic mass is 10.1. The highest BCUT2D eigenvalue weighted by Crippen LogP contribution is 2.27. The van der Waals surface area contributed by atoms with E-state index in [4.69, 9.17) is 9.47 Å². The highest BCUT2D eigenvalue weighted by atomic mass is 16.5. The number of amides is 1. The molecule has 5 heteroatoms. The van der Waals surface area contributed by atoms with Gasteiger partial charge >= 0.3 is 0 Å². The Morgan fingerprint density at radius 1 is 1.18 bits per heavy atom. The third kappa shape index (κ3) is 4.30. The van der Waals surface area contributed by atoms with Gasteiger partial charge in [-0.25, -0.2) is 0 Å². The Hall–Kier alpha value is -2.53. The van der Waals surface area contributed by atoms with Crippen LogP contribution in [0.3, 0.4) is 0 Å². The van der Waals surface area contributed by atoms with E-state index in [1.54, 1.807) is 6.07 Å². The van der Waals surface area contributed by atoms with Gasteiger partial charge < -0.3 is 19.7 Å². The van der Waals surface area contributed by atoms with Gasteiger partial charge in [0.2, 0.25) is 0 Å². The minimum absolute atomic E-state index is 0.122. The highest BCUT2D eigenvalue weighted by Gasteiger charge is 2.19. The van der Waals surface area contributed by atoms with Gasteiger partial charge in [-0.15, -0.1) is 0 Å². The quantitative estimate of drug-likeness (QED) is 0.807. The Balaban J connectivity index is 1.44. The summed E-state index contributed by atoms with van der Waals surface area (Å²) in [5.41, 5.74) is 3.68. The lowest BCUT2D eigenvalue weighted by Gasteiger charge is -2.19. The number of benzene rings is 2. The van der Waals surface area contributed by atoms with Gasteiger partial charge in [0.25, 0.3) is 5.91 Å². The van der Waals surface area contributed by atoms with Crippen molar-refractivity contribution in [2.75, 3.05) is 36.5 Å². The van der Waals surface area contributed by atoms with Crippen LogP contribution in [0.4, 0.5) is 11.4 Å². The molecule has 0 aliphatic carbocycles. The predicted octanol–water partition coefficient (Wildman–Crippen LogP) is 4.41. The van der Waals surface area contributed by atoms with Crippen molar-refractivity contribution in [3.63, 3.8) is 0 Å². The molecule has 2 saturated heterocycles. The lowest BCUT2D eigenvalue weighted by molar-refractivity contribution is 0.0673. The molecule has 0 unspecified atom stereocenters. The van der Waals surface area contributed by atoms with Crippen molar-refractivity contribution >= 4 is 17.3 Å². The fourth-order valence-electron chi connectivity index (χ4n) is 3.89. The first-order chi connectivity index (χ1) is 13.7. The van der Waals surface area contributed by atoms with Crippen LogP contribution in [0.2, 0.25) is 0 Å². The fourth-order valence-corrected chi connectivity index (χ4v) is 3.89. The summed E-state index contributed by atoms with van der Waals surface area (Å²) in [6.45, 7) is 5.53. The van der Waals surface area contributed by atoms with Crippen molar-refractivity contribution in [3.8, 4) is 5.75 Å². The molecule has 2 fully saturated rings. The number of nitrogens with one attached hydrogen (secondary N) is 1. The van der Waals surface area contributed by atoms with Gasteiger partial charge in [0.1, 0.15) is 12.4 Å². The lowest BCUT2D eigenvalue weighted by Crippen LogP contribution is -2.20. The number of hydrogen-bond acceptors (Lipinski definition) is 4. The monoisotopic (exact) mass is 380 g/mol. The third-order valence-electron chi connectivity index (χ3n) is 5.51. The number of para-hydroxylation sites is 1. The zero-order valence-corrected chi connectivity index (χ0v) is 16.4. The fraction of sp³-hybridized carbons (Fsp3) is 0.435. The number of carbonyl (C=O) groups is 1. The zero-order valence-electron chi connectivity index (χ0n) is 16.4. The van der Waals surface area contributed by atoms with Crippen LogP contribution >= 0.6 is 0 Å². The van der Waals surface area contributed by atoms with E-state index in [9.17, 15) is 4.79 Å². The van der Waals surface area contributed by atoms with Gasteiger partial charge in [-0.1, -0.05) is 12.1 Å². The Kier molecular flexibility index (Phi) is 5.81. The average Bonchev–Trinajstić information content (AvgIpc) is 3.42. The number of ether oxygens (including phenoxy) is 2. The van der Waals surface area contributed by atoms with Crippen molar-refractivity contribution < 1.29 is 14.3 Å². The number of aryl methyl sites for hydroxylation is 1. The molecule has 5 nitrogen and oxygen atoms in total. The number of rotatable bonds is 6. The number of hydrogen-bond donors (Lipinski definition) is 1. The second kappa shape index (κ2) is 8.65. The molecule has 4 rings (SSSR count). The molecule has 28 heavy (non-hydrogen) atoms. The van der Waals surface area contributed by atoms with Gasteiger partial charge in [0.15, 0.2) is 0 Å². The summed E-state index contributed by atoms with van der Waals surface area (Å²) < 4.78 is 11.5. The molecule has 0 aromatic heterocycles. The first-order valence-corrected chi connectivity index (χ1v) is 10.2. The van der Waals surface area contributed by atoms with Crippen molar-refractivity contribution in [3.05, 3.63) is 53.6 Å². The van der Waals surface area contributed by atoms with E-state index in [2.05, 4.69) is 22.3 Å². The molecule has 0 bridgehead atoms. The van der Waals surface area contributed by atoms with E-state index in [1.165, 1.54) is 18.5 Å². The van der Waals surface area contributed by atoms with E-state index in [0.29, 0.717) is 17.9 Å². The largest absolute Gasteiger partial charge is 0.490 e. The van der Waals surface area contributed by atoms with Crippen LogP contribution in [0, 0.1) is 6.92 Å². The van der Waals surface area contributed by atoms with Crippen LogP contribution in [0.1, 0.15) is 41.6 Å². The van der Waals surface area contributed by atoms with E-state index in [0.717, 1.165) is 43.8 Å². The molecule has 2 aromatic carbocycles. The molecule has 2 aliphatic heterocycles. The molecule has 2 heterocycles. The van der Waals surface area contributed by atoms with E-state index >= 15 is 0 Å². The molecule has 2 aromatic rings. The van der Waals surface area contributed by atoms with Crippen LogP contribution in [-0.4, -0.2) is 38.3 Å². The minimum Gasteiger partial charge on any atom is -0.490 e. The summed E-state index contributed by atoms with van der Waals surface area (Å²) >= 11 is 0. The maximum Gasteiger partial charge on any atom is 0.259 e. The molecule has 0 radical (unpaired) electrons. The Morgan fingerprint density at radius 3 is 2.75 bits per heavy atom.